The number of benzene rings is 2. The van der Waals surface area contributed by atoms with E-state index in [2.05, 4.69) is 33.2 Å². The molecule has 2 N–H and O–H groups in total. The molecule has 0 bridgehead atoms. The molecule has 3 aromatic rings. The number of hydrogen-bond donors (Lipinski definition) is 2. The number of hydrogen-bond acceptors (Lipinski definition) is 6. The number of carbonyl (C=O) groups excluding carboxylic acids is 2. The standard InChI is InChI=1S/C29H32N6O3/c1-2-19-17-35(26-6-4-3-5-23(19)26)28(37)25-16-27(31-18-30-25)33-12-10-21(11-13-33)34-14-9-20-15-22(36)7-8-24(20)32-29(34)38/h3-8,15-16,18-19,21,36H,2,9-14,17H2,1H3,(H,32,38). The fourth-order valence-electron chi connectivity index (χ4n) is 6.01. The van der Waals surface area contributed by atoms with Crippen molar-refractivity contribution in [2.45, 2.75) is 44.6 Å². The molecule has 2 aromatic carbocycles. The number of aromatic hydroxyl groups is 1. The minimum atomic E-state index is -0.0984. The van der Waals surface area contributed by atoms with Gasteiger partial charge < -0.3 is 25.1 Å². The number of phenols is 1. The molecule has 4 heterocycles. The monoisotopic (exact) mass is 512 g/mol. The Hall–Kier alpha value is -4.14. The van der Waals surface area contributed by atoms with E-state index in [1.165, 1.54) is 11.9 Å². The lowest BCUT2D eigenvalue weighted by Crippen LogP contribution is -2.49. The first-order chi connectivity index (χ1) is 18.5. The van der Waals surface area contributed by atoms with Gasteiger partial charge in [0, 0.05) is 55.6 Å². The summed E-state index contributed by atoms with van der Waals surface area (Å²) in [6.07, 6.45) is 4.76. The molecule has 1 atom stereocenters. The molecule has 38 heavy (non-hydrogen) atoms. The summed E-state index contributed by atoms with van der Waals surface area (Å²) in [7, 11) is 0. The van der Waals surface area contributed by atoms with E-state index in [0.29, 0.717) is 31.1 Å². The van der Waals surface area contributed by atoms with Crippen LogP contribution in [0.1, 0.15) is 53.7 Å². The molecule has 1 saturated heterocycles. The van der Waals surface area contributed by atoms with E-state index >= 15 is 0 Å². The molecule has 9 nitrogen and oxygen atoms in total. The van der Waals surface area contributed by atoms with Gasteiger partial charge in [0.2, 0.25) is 0 Å². The highest BCUT2D eigenvalue weighted by Crippen LogP contribution is 2.38. The number of urea groups is 1. The molecule has 9 heteroatoms. The van der Waals surface area contributed by atoms with Crippen LogP contribution >= 0.6 is 0 Å². The molecule has 1 fully saturated rings. The first-order valence-electron chi connectivity index (χ1n) is 13.4. The van der Waals surface area contributed by atoms with Crippen molar-refractivity contribution in [1.29, 1.82) is 0 Å². The van der Waals surface area contributed by atoms with Crippen molar-refractivity contribution in [2.24, 2.45) is 0 Å². The second kappa shape index (κ2) is 9.96. The van der Waals surface area contributed by atoms with Crippen molar-refractivity contribution in [1.82, 2.24) is 14.9 Å². The highest BCUT2D eigenvalue weighted by Gasteiger charge is 2.33. The maximum absolute atomic E-state index is 13.5. The van der Waals surface area contributed by atoms with E-state index in [4.69, 9.17) is 0 Å². The summed E-state index contributed by atoms with van der Waals surface area (Å²) in [6.45, 7) is 4.89. The summed E-state index contributed by atoms with van der Waals surface area (Å²) < 4.78 is 0. The molecule has 196 valence electrons. The van der Waals surface area contributed by atoms with Crippen molar-refractivity contribution in [3.8, 4) is 5.75 Å². The van der Waals surface area contributed by atoms with E-state index in [0.717, 1.165) is 55.1 Å². The lowest BCUT2D eigenvalue weighted by Gasteiger charge is -2.38. The SMILES string of the molecule is CCC1CN(C(=O)c2cc(N3CCC(N4CCc5cc(O)ccc5NC4=O)CC3)ncn2)c2ccccc21. The first kappa shape index (κ1) is 24.2. The molecule has 0 radical (unpaired) electrons. The van der Waals surface area contributed by atoms with Gasteiger partial charge in [0.25, 0.3) is 5.91 Å². The number of carbonyl (C=O) groups is 2. The normalized spacial score (nSPS) is 19.6. The Morgan fingerprint density at radius 2 is 1.89 bits per heavy atom. The van der Waals surface area contributed by atoms with E-state index in [9.17, 15) is 14.7 Å². The third-order valence-electron chi connectivity index (χ3n) is 8.12. The third-order valence-corrected chi connectivity index (χ3v) is 8.12. The van der Waals surface area contributed by atoms with Crippen LogP contribution in [0.5, 0.6) is 5.75 Å². The maximum Gasteiger partial charge on any atom is 0.322 e. The minimum Gasteiger partial charge on any atom is -0.508 e. The number of amides is 3. The number of rotatable bonds is 4. The summed E-state index contributed by atoms with van der Waals surface area (Å²) >= 11 is 0. The minimum absolute atomic E-state index is 0.0981. The Labute approximate surface area is 222 Å². The maximum atomic E-state index is 13.5. The molecule has 1 aromatic heterocycles. The van der Waals surface area contributed by atoms with Crippen LogP contribution in [0.15, 0.2) is 54.9 Å². The first-order valence-corrected chi connectivity index (χ1v) is 13.4. The van der Waals surface area contributed by atoms with Crippen molar-refractivity contribution in [2.75, 3.05) is 41.3 Å². The predicted octanol–water partition coefficient (Wildman–Crippen LogP) is 4.40. The average molecular weight is 513 g/mol. The fraction of sp³-hybridized carbons (Fsp3) is 0.379. The molecular weight excluding hydrogens is 480 g/mol. The van der Waals surface area contributed by atoms with Crippen LogP contribution in [0.4, 0.5) is 22.0 Å². The van der Waals surface area contributed by atoms with Crippen LogP contribution < -0.4 is 15.1 Å². The van der Waals surface area contributed by atoms with Gasteiger partial charge in [-0.1, -0.05) is 25.1 Å². The largest absolute Gasteiger partial charge is 0.508 e. The summed E-state index contributed by atoms with van der Waals surface area (Å²) in [6, 6.07) is 15.0. The highest BCUT2D eigenvalue weighted by molar-refractivity contribution is 6.06. The number of phenolic OH excluding ortho intramolecular Hbond substituents is 1. The Morgan fingerprint density at radius 1 is 1.08 bits per heavy atom. The molecule has 0 aliphatic carbocycles. The Balaban J connectivity index is 1.12. The van der Waals surface area contributed by atoms with E-state index in [1.54, 1.807) is 24.3 Å². The molecule has 6 rings (SSSR count). The molecule has 0 saturated carbocycles. The van der Waals surface area contributed by atoms with Crippen LogP contribution in [-0.2, 0) is 6.42 Å². The van der Waals surface area contributed by atoms with Crippen LogP contribution in [-0.4, -0.2) is 64.1 Å². The van der Waals surface area contributed by atoms with Crippen molar-refractivity contribution in [3.63, 3.8) is 0 Å². The number of fused-ring (bicyclic) bond motifs is 2. The number of nitrogens with zero attached hydrogens (tertiary/aromatic N) is 5. The second-order valence-electron chi connectivity index (χ2n) is 10.3. The van der Waals surface area contributed by atoms with E-state index in [-0.39, 0.29) is 23.7 Å². The molecule has 3 aliphatic rings. The molecule has 0 spiro atoms. The van der Waals surface area contributed by atoms with Gasteiger partial charge in [-0.05, 0) is 61.1 Å². The number of para-hydroxylation sites is 1. The predicted molar refractivity (Wildman–Crippen MR) is 146 cm³/mol. The number of anilines is 3. The Kier molecular flexibility index (Phi) is 6.35. The van der Waals surface area contributed by atoms with Gasteiger partial charge in [0.15, 0.2) is 0 Å². The molecule has 3 amide bonds. The zero-order valence-electron chi connectivity index (χ0n) is 21.5. The topological polar surface area (TPSA) is 102 Å². The zero-order chi connectivity index (χ0) is 26.2. The number of piperidine rings is 1. The van der Waals surface area contributed by atoms with Crippen LogP contribution in [0.3, 0.4) is 0 Å². The van der Waals surface area contributed by atoms with Gasteiger partial charge in [0.1, 0.15) is 23.6 Å². The van der Waals surface area contributed by atoms with Gasteiger partial charge >= 0.3 is 6.03 Å². The summed E-state index contributed by atoms with van der Waals surface area (Å²) in [5.41, 5.74) is 4.30. The van der Waals surface area contributed by atoms with E-state index < -0.39 is 0 Å². The Bertz CT molecular complexity index is 1370. The molecular formula is C29H32N6O3. The van der Waals surface area contributed by atoms with Crippen LogP contribution in [0.25, 0.3) is 0 Å². The lowest BCUT2D eigenvalue weighted by atomic mass is 9.99. The summed E-state index contributed by atoms with van der Waals surface area (Å²) in [4.78, 5) is 41.2. The zero-order valence-corrected chi connectivity index (χ0v) is 21.5. The van der Waals surface area contributed by atoms with Gasteiger partial charge in [-0.3, -0.25) is 4.79 Å². The van der Waals surface area contributed by atoms with Gasteiger partial charge in [-0.15, -0.1) is 0 Å². The van der Waals surface area contributed by atoms with Crippen molar-refractivity contribution in [3.05, 3.63) is 71.7 Å². The summed E-state index contributed by atoms with van der Waals surface area (Å²) in [5, 5.41) is 12.8. The quantitative estimate of drug-likeness (QED) is 0.503. The lowest BCUT2D eigenvalue weighted by molar-refractivity contribution is 0.0983. The van der Waals surface area contributed by atoms with Crippen molar-refractivity contribution >= 4 is 29.1 Å². The van der Waals surface area contributed by atoms with Crippen LogP contribution in [0, 0.1) is 0 Å². The van der Waals surface area contributed by atoms with Crippen LogP contribution in [0.2, 0.25) is 0 Å². The molecule has 3 aliphatic heterocycles. The Morgan fingerprint density at radius 3 is 2.71 bits per heavy atom. The van der Waals surface area contributed by atoms with E-state index in [1.807, 2.05) is 28.0 Å². The number of nitrogens with one attached hydrogen (secondary N) is 1. The van der Waals surface area contributed by atoms with Gasteiger partial charge in [0.05, 0.1) is 0 Å². The smallest absolute Gasteiger partial charge is 0.322 e. The number of aromatic nitrogens is 2. The van der Waals surface area contributed by atoms with Gasteiger partial charge in [-0.2, -0.15) is 0 Å². The fourth-order valence-corrected chi connectivity index (χ4v) is 6.01. The third kappa shape index (κ3) is 4.42. The van der Waals surface area contributed by atoms with Crippen molar-refractivity contribution < 1.29 is 14.7 Å². The highest BCUT2D eigenvalue weighted by atomic mass is 16.3. The summed E-state index contributed by atoms with van der Waals surface area (Å²) in [5.74, 6) is 1.19. The van der Waals surface area contributed by atoms with Gasteiger partial charge in [-0.25, -0.2) is 14.8 Å². The molecule has 1 unspecified atom stereocenters. The average Bonchev–Trinajstić information content (AvgIpc) is 3.25. The second-order valence-corrected chi connectivity index (χ2v) is 10.3.